The molecule has 0 aromatic carbocycles. The molecule has 1 N–H and O–H groups in total. The molecule has 1 aliphatic rings. The summed E-state index contributed by atoms with van der Waals surface area (Å²) < 4.78 is 7.30. The van der Waals surface area contributed by atoms with Crippen molar-refractivity contribution < 1.29 is 9.53 Å². The van der Waals surface area contributed by atoms with Crippen LogP contribution in [0.15, 0.2) is 9.95 Å². The predicted octanol–water partition coefficient (Wildman–Crippen LogP) is 3.51. The number of aromatic nitrogens is 2. The first-order valence-electron chi connectivity index (χ1n) is 9.84. The third kappa shape index (κ3) is 4.60. The molecule has 3 rings (SSSR count). The first-order valence-corrected chi connectivity index (χ1v) is 11.5. The zero-order valence-corrected chi connectivity index (χ0v) is 18.8. The lowest BCUT2D eigenvalue weighted by atomic mass is 10.2. The number of hydrogen-bond donors (Lipinski definition) is 1. The summed E-state index contributed by atoms with van der Waals surface area (Å²) in [4.78, 5) is 32.4. The average Bonchev–Trinajstić information content (AvgIpc) is 3.24. The van der Waals surface area contributed by atoms with Gasteiger partial charge in [0.1, 0.15) is 4.83 Å². The van der Waals surface area contributed by atoms with Gasteiger partial charge in [-0.25, -0.2) is 4.98 Å². The summed E-state index contributed by atoms with van der Waals surface area (Å²) in [5, 5.41) is 3.96. The highest BCUT2D eigenvalue weighted by Crippen LogP contribution is 2.30. The molecule has 0 unspecified atom stereocenters. The van der Waals surface area contributed by atoms with Crippen LogP contribution in [0.1, 0.15) is 44.1 Å². The summed E-state index contributed by atoms with van der Waals surface area (Å²) >= 11 is 2.89. The van der Waals surface area contributed by atoms with Gasteiger partial charge in [0.15, 0.2) is 5.16 Å². The standard InChI is InChI=1S/C20H29N3O3S2/c1-11(2)10-23-19(25)16-12(3)13(4)27-18(16)22-20(23)28-14(5)17(24)21-9-15-7-6-8-26-15/h11,14-15H,6-10H2,1-5H3,(H,21,24)/t14-,15+/m1/s1. The van der Waals surface area contributed by atoms with E-state index in [4.69, 9.17) is 9.72 Å². The normalized spacial score (nSPS) is 18.1. The molecule has 1 fully saturated rings. The highest BCUT2D eigenvalue weighted by molar-refractivity contribution is 8.00. The summed E-state index contributed by atoms with van der Waals surface area (Å²) in [7, 11) is 0. The van der Waals surface area contributed by atoms with Crippen molar-refractivity contribution in [1.82, 2.24) is 14.9 Å². The summed E-state index contributed by atoms with van der Waals surface area (Å²) in [6.45, 7) is 11.9. The number of ether oxygens (including phenoxy) is 1. The number of fused-ring (bicyclic) bond motifs is 1. The number of aryl methyl sites for hydroxylation is 2. The van der Waals surface area contributed by atoms with Gasteiger partial charge in [-0.05, 0) is 45.1 Å². The van der Waals surface area contributed by atoms with E-state index < -0.39 is 0 Å². The molecule has 0 radical (unpaired) electrons. The number of carbonyl (C=O) groups is 1. The summed E-state index contributed by atoms with van der Waals surface area (Å²) in [5.74, 6) is 0.254. The van der Waals surface area contributed by atoms with Gasteiger partial charge in [0.05, 0.1) is 16.7 Å². The van der Waals surface area contributed by atoms with Crippen molar-refractivity contribution in [3.8, 4) is 0 Å². The summed E-state index contributed by atoms with van der Waals surface area (Å²) in [5.41, 5.74) is 1.00. The van der Waals surface area contributed by atoms with E-state index in [0.717, 1.165) is 34.7 Å². The third-order valence-electron chi connectivity index (χ3n) is 4.98. The van der Waals surface area contributed by atoms with Gasteiger partial charge >= 0.3 is 0 Å². The van der Waals surface area contributed by atoms with E-state index in [1.165, 1.54) is 11.8 Å². The molecule has 0 bridgehead atoms. The molecule has 1 amide bonds. The van der Waals surface area contributed by atoms with E-state index >= 15 is 0 Å². The van der Waals surface area contributed by atoms with Gasteiger partial charge in [-0.2, -0.15) is 0 Å². The lowest BCUT2D eigenvalue weighted by Gasteiger charge is -2.18. The third-order valence-corrected chi connectivity index (χ3v) is 7.17. The second-order valence-electron chi connectivity index (χ2n) is 7.81. The van der Waals surface area contributed by atoms with E-state index in [-0.39, 0.29) is 22.8 Å². The molecule has 0 spiro atoms. The monoisotopic (exact) mass is 423 g/mol. The predicted molar refractivity (Wildman–Crippen MR) is 115 cm³/mol. The fourth-order valence-corrected chi connectivity index (χ4v) is 5.31. The van der Waals surface area contributed by atoms with Crippen LogP contribution in [0.3, 0.4) is 0 Å². The number of nitrogens with one attached hydrogen (secondary N) is 1. The Bertz CT molecular complexity index is 914. The van der Waals surface area contributed by atoms with Crippen LogP contribution in [-0.4, -0.2) is 40.0 Å². The molecule has 0 saturated carbocycles. The molecule has 1 aliphatic heterocycles. The van der Waals surface area contributed by atoms with E-state index in [1.54, 1.807) is 15.9 Å². The molecule has 2 atom stereocenters. The largest absolute Gasteiger partial charge is 0.376 e. The molecule has 2 aromatic rings. The molecular formula is C20H29N3O3S2. The SMILES string of the molecule is Cc1sc2nc(S[C@H](C)C(=O)NC[C@@H]3CCCO3)n(CC(C)C)c(=O)c2c1C. The smallest absolute Gasteiger partial charge is 0.263 e. The number of nitrogens with zero attached hydrogens (tertiary/aromatic N) is 2. The molecular weight excluding hydrogens is 394 g/mol. The van der Waals surface area contributed by atoms with Gasteiger partial charge in [-0.1, -0.05) is 25.6 Å². The fraction of sp³-hybridized carbons (Fsp3) is 0.650. The van der Waals surface area contributed by atoms with Gasteiger partial charge in [0.2, 0.25) is 5.91 Å². The Kier molecular flexibility index (Phi) is 6.83. The van der Waals surface area contributed by atoms with Gasteiger partial charge in [0, 0.05) is 24.6 Å². The number of hydrogen-bond acceptors (Lipinski definition) is 6. The number of thioether (sulfide) groups is 1. The van der Waals surface area contributed by atoms with E-state index in [0.29, 0.717) is 29.6 Å². The summed E-state index contributed by atoms with van der Waals surface area (Å²) in [6, 6.07) is 0. The van der Waals surface area contributed by atoms with Crippen molar-refractivity contribution in [1.29, 1.82) is 0 Å². The maximum absolute atomic E-state index is 13.2. The van der Waals surface area contributed by atoms with Crippen molar-refractivity contribution in [2.75, 3.05) is 13.2 Å². The van der Waals surface area contributed by atoms with Crippen molar-refractivity contribution in [3.05, 3.63) is 20.8 Å². The van der Waals surface area contributed by atoms with Crippen molar-refractivity contribution in [2.45, 2.75) is 70.5 Å². The fourth-order valence-electron chi connectivity index (χ4n) is 3.30. The Morgan fingerprint density at radius 1 is 1.39 bits per heavy atom. The van der Waals surface area contributed by atoms with Gasteiger partial charge in [0.25, 0.3) is 5.56 Å². The molecule has 28 heavy (non-hydrogen) atoms. The Morgan fingerprint density at radius 2 is 2.14 bits per heavy atom. The van der Waals surface area contributed by atoms with Crippen LogP contribution in [-0.2, 0) is 16.1 Å². The van der Waals surface area contributed by atoms with Gasteiger partial charge < -0.3 is 10.1 Å². The summed E-state index contributed by atoms with van der Waals surface area (Å²) in [6.07, 6.45) is 2.16. The lowest BCUT2D eigenvalue weighted by molar-refractivity contribution is -0.120. The van der Waals surface area contributed by atoms with Crippen LogP contribution in [0.2, 0.25) is 0 Å². The maximum Gasteiger partial charge on any atom is 0.263 e. The highest BCUT2D eigenvalue weighted by Gasteiger charge is 2.23. The minimum atomic E-state index is -0.341. The van der Waals surface area contributed by atoms with Crippen LogP contribution in [0.25, 0.3) is 10.2 Å². The Labute approximate surface area is 174 Å². The Hall–Kier alpha value is -1.38. The molecule has 3 heterocycles. The van der Waals surface area contributed by atoms with Crippen molar-refractivity contribution in [2.24, 2.45) is 5.92 Å². The molecule has 0 aliphatic carbocycles. The molecule has 8 heteroatoms. The van der Waals surface area contributed by atoms with E-state index in [1.807, 2.05) is 20.8 Å². The minimum Gasteiger partial charge on any atom is -0.376 e. The van der Waals surface area contributed by atoms with Crippen molar-refractivity contribution >= 4 is 39.2 Å². The number of amides is 1. The second kappa shape index (κ2) is 8.97. The van der Waals surface area contributed by atoms with Crippen LogP contribution in [0.5, 0.6) is 0 Å². The molecule has 6 nitrogen and oxygen atoms in total. The molecule has 2 aromatic heterocycles. The first kappa shape index (κ1) is 21.3. The van der Waals surface area contributed by atoms with Crippen LogP contribution < -0.4 is 10.9 Å². The topological polar surface area (TPSA) is 73.2 Å². The first-order chi connectivity index (χ1) is 13.3. The van der Waals surface area contributed by atoms with Crippen LogP contribution in [0, 0.1) is 19.8 Å². The molecule has 154 valence electrons. The van der Waals surface area contributed by atoms with E-state index in [2.05, 4.69) is 19.2 Å². The number of carbonyl (C=O) groups excluding carboxylic acids is 1. The zero-order valence-electron chi connectivity index (χ0n) is 17.2. The quantitative estimate of drug-likeness (QED) is 0.545. The second-order valence-corrected chi connectivity index (χ2v) is 10.3. The number of thiophene rings is 1. The van der Waals surface area contributed by atoms with Crippen LogP contribution >= 0.6 is 23.1 Å². The Morgan fingerprint density at radius 3 is 2.79 bits per heavy atom. The maximum atomic E-state index is 13.2. The average molecular weight is 424 g/mol. The minimum absolute atomic E-state index is 0.00462. The lowest BCUT2D eigenvalue weighted by Crippen LogP contribution is -2.37. The molecule has 1 saturated heterocycles. The highest BCUT2D eigenvalue weighted by atomic mass is 32.2. The Balaban J connectivity index is 1.83. The zero-order chi connectivity index (χ0) is 20.4. The van der Waals surface area contributed by atoms with Crippen LogP contribution in [0.4, 0.5) is 0 Å². The van der Waals surface area contributed by atoms with Gasteiger partial charge in [-0.3, -0.25) is 14.2 Å². The van der Waals surface area contributed by atoms with E-state index in [9.17, 15) is 9.59 Å². The van der Waals surface area contributed by atoms with Gasteiger partial charge in [-0.15, -0.1) is 11.3 Å². The number of rotatable bonds is 7. The van der Waals surface area contributed by atoms with Crippen molar-refractivity contribution in [3.63, 3.8) is 0 Å².